The normalized spacial score (nSPS) is 22.3. The van der Waals surface area contributed by atoms with E-state index >= 15 is 0 Å². The average molecular weight is 210 g/mol. The number of nitrogens with one attached hydrogen (secondary N) is 1. The Kier molecular flexibility index (Phi) is 3.09. The van der Waals surface area contributed by atoms with Crippen LogP contribution in [0.3, 0.4) is 0 Å². The molecule has 0 saturated carbocycles. The van der Waals surface area contributed by atoms with Gasteiger partial charge in [0, 0.05) is 11.6 Å². The topological polar surface area (TPSA) is 12.0 Å². The highest BCUT2D eigenvalue weighted by Crippen LogP contribution is 2.26. The van der Waals surface area contributed by atoms with E-state index in [9.17, 15) is 0 Å². The summed E-state index contributed by atoms with van der Waals surface area (Å²) >= 11 is 6.00. The lowest BCUT2D eigenvalue weighted by molar-refractivity contribution is 0.461. The van der Waals surface area contributed by atoms with Crippen LogP contribution in [0.25, 0.3) is 0 Å². The van der Waals surface area contributed by atoms with Gasteiger partial charge in [-0.05, 0) is 49.4 Å². The van der Waals surface area contributed by atoms with Crippen LogP contribution >= 0.6 is 11.6 Å². The van der Waals surface area contributed by atoms with Crippen LogP contribution in [0.5, 0.6) is 0 Å². The lowest BCUT2D eigenvalue weighted by atomic mass is 9.91. The highest BCUT2D eigenvalue weighted by atomic mass is 35.5. The van der Waals surface area contributed by atoms with Gasteiger partial charge in [0.1, 0.15) is 0 Å². The van der Waals surface area contributed by atoms with Crippen LogP contribution in [0.15, 0.2) is 18.2 Å². The smallest absolute Gasteiger partial charge is 0.0435 e. The molecule has 1 atom stereocenters. The SMILES string of the molecule is Cc1cc([C@H]2CCCNC2)ccc1Cl. The molecule has 14 heavy (non-hydrogen) atoms. The molecule has 1 nitrogen and oxygen atoms in total. The van der Waals surface area contributed by atoms with Crippen molar-refractivity contribution in [3.63, 3.8) is 0 Å². The van der Waals surface area contributed by atoms with Gasteiger partial charge >= 0.3 is 0 Å². The van der Waals surface area contributed by atoms with Crippen LogP contribution in [0.4, 0.5) is 0 Å². The molecular formula is C12H16ClN. The van der Waals surface area contributed by atoms with Crippen molar-refractivity contribution in [2.45, 2.75) is 25.7 Å². The molecule has 0 aliphatic carbocycles. The van der Waals surface area contributed by atoms with Crippen LogP contribution in [0.2, 0.25) is 5.02 Å². The molecule has 1 aromatic rings. The molecule has 1 heterocycles. The van der Waals surface area contributed by atoms with Crippen LogP contribution in [-0.2, 0) is 0 Å². The van der Waals surface area contributed by atoms with Crippen molar-refractivity contribution in [3.05, 3.63) is 34.3 Å². The van der Waals surface area contributed by atoms with Gasteiger partial charge in [0.05, 0.1) is 0 Å². The summed E-state index contributed by atoms with van der Waals surface area (Å²) in [6, 6.07) is 6.40. The average Bonchev–Trinajstić information content (AvgIpc) is 2.23. The summed E-state index contributed by atoms with van der Waals surface area (Å²) < 4.78 is 0. The second kappa shape index (κ2) is 4.33. The standard InChI is InChI=1S/C12H16ClN/c1-9-7-10(4-5-12(9)13)11-3-2-6-14-8-11/h4-5,7,11,14H,2-3,6,8H2,1H3/t11-/m0/s1. The Morgan fingerprint density at radius 1 is 1.43 bits per heavy atom. The molecule has 1 aliphatic heterocycles. The number of halogens is 1. The maximum Gasteiger partial charge on any atom is 0.0435 e. The van der Waals surface area contributed by atoms with E-state index in [1.165, 1.54) is 30.5 Å². The van der Waals surface area contributed by atoms with Gasteiger partial charge < -0.3 is 5.32 Å². The first-order valence-corrected chi connectivity index (χ1v) is 5.62. The Morgan fingerprint density at radius 2 is 2.29 bits per heavy atom. The third kappa shape index (κ3) is 2.10. The summed E-state index contributed by atoms with van der Waals surface area (Å²) in [4.78, 5) is 0. The van der Waals surface area contributed by atoms with E-state index in [0.29, 0.717) is 5.92 Å². The lowest BCUT2D eigenvalue weighted by Crippen LogP contribution is -2.28. The molecule has 0 radical (unpaired) electrons. The Labute approximate surface area is 90.5 Å². The van der Waals surface area contributed by atoms with Gasteiger partial charge in [-0.2, -0.15) is 0 Å². The van der Waals surface area contributed by atoms with Crippen molar-refractivity contribution in [3.8, 4) is 0 Å². The van der Waals surface area contributed by atoms with Crippen LogP contribution in [-0.4, -0.2) is 13.1 Å². The van der Waals surface area contributed by atoms with Crippen molar-refractivity contribution in [2.24, 2.45) is 0 Å². The molecule has 2 rings (SSSR count). The zero-order chi connectivity index (χ0) is 9.97. The highest BCUT2D eigenvalue weighted by Gasteiger charge is 2.15. The van der Waals surface area contributed by atoms with Crippen molar-refractivity contribution < 1.29 is 0 Å². The molecule has 1 N–H and O–H groups in total. The first kappa shape index (κ1) is 10.0. The van der Waals surface area contributed by atoms with Crippen molar-refractivity contribution in [2.75, 3.05) is 13.1 Å². The molecule has 0 aromatic heterocycles. The molecule has 1 aliphatic rings. The van der Waals surface area contributed by atoms with E-state index in [0.717, 1.165) is 11.6 Å². The Balaban J connectivity index is 2.18. The molecular weight excluding hydrogens is 194 g/mol. The van der Waals surface area contributed by atoms with Gasteiger partial charge in [-0.3, -0.25) is 0 Å². The summed E-state index contributed by atoms with van der Waals surface area (Å²) in [7, 11) is 0. The number of hydrogen-bond donors (Lipinski definition) is 1. The number of benzene rings is 1. The first-order valence-electron chi connectivity index (χ1n) is 5.24. The molecule has 0 bridgehead atoms. The minimum Gasteiger partial charge on any atom is -0.316 e. The second-order valence-corrected chi connectivity index (χ2v) is 4.46. The predicted molar refractivity (Wildman–Crippen MR) is 61.0 cm³/mol. The van der Waals surface area contributed by atoms with Gasteiger partial charge in [0.15, 0.2) is 0 Å². The van der Waals surface area contributed by atoms with E-state index < -0.39 is 0 Å². The largest absolute Gasteiger partial charge is 0.316 e. The van der Waals surface area contributed by atoms with E-state index in [1.54, 1.807) is 0 Å². The minimum absolute atomic E-state index is 0.680. The zero-order valence-corrected chi connectivity index (χ0v) is 9.27. The quantitative estimate of drug-likeness (QED) is 0.750. The molecule has 2 heteroatoms. The molecule has 1 saturated heterocycles. The molecule has 0 spiro atoms. The number of piperidine rings is 1. The summed E-state index contributed by atoms with van der Waals surface area (Å²) in [5.74, 6) is 0.680. The Hall–Kier alpha value is -0.530. The second-order valence-electron chi connectivity index (χ2n) is 4.05. The zero-order valence-electron chi connectivity index (χ0n) is 8.52. The maximum atomic E-state index is 6.00. The summed E-state index contributed by atoms with van der Waals surface area (Å²) in [6.45, 7) is 4.35. The fraction of sp³-hybridized carbons (Fsp3) is 0.500. The number of aryl methyl sites for hydroxylation is 1. The fourth-order valence-corrected chi connectivity index (χ4v) is 2.18. The molecule has 76 valence electrons. The molecule has 1 aromatic carbocycles. The third-order valence-corrected chi connectivity index (χ3v) is 3.37. The summed E-state index contributed by atoms with van der Waals surface area (Å²) in [5, 5.41) is 4.31. The molecule has 0 amide bonds. The lowest BCUT2D eigenvalue weighted by Gasteiger charge is -2.23. The van der Waals surface area contributed by atoms with Crippen LogP contribution in [0.1, 0.15) is 29.9 Å². The number of hydrogen-bond acceptors (Lipinski definition) is 1. The highest BCUT2D eigenvalue weighted by molar-refractivity contribution is 6.31. The Bertz CT molecular complexity index is 316. The maximum absolute atomic E-state index is 6.00. The molecule has 0 unspecified atom stereocenters. The summed E-state index contributed by atoms with van der Waals surface area (Å²) in [6.07, 6.45) is 2.58. The van der Waals surface area contributed by atoms with Gasteiger partial charge in [0.25, 0.3) is 0 Å². The van der Waals surface area contributed by atoms with Crippen molar-refractivity contribution in [1.29, 1.82) is 0 Å². The van der Waals surface area contributed by atoms with E-state index in [-0.39, 0.29) is 0 Å². The van der Waals surface area contributed by atoms with Gasteiger partial charge in [-0.15, -0.1) is 0 Å². The fourth-order valence-electron chi connectivity index (χ4n) is 2.06. The first-order chi connectivity index (χ1) is 6.77. The van der Waals surface area contributed by atoms with E-state index in [4.69, 9.17) is 11.6 Å². The summed E-state index contributed by atoms with van der Waals surface area (Å²) in [5.41, 5.74) is 2.62. The minimum atomic E-state index is 0.680. The van der Waals surface area contributed by atoms with E-state index in [2.05, 4.69) is 24.4 Å². The molecule has 1 fully saturated rings. The van der Waals surface area contributed by atoms with Gasteiger partial charge in [0.2, 0.25) is 0 Å². The van der Waals surface area contributed by atoms with Crippen LogP contribution < -0.4 is 5.32 Å². The van der Waals surface area contributed by atoms with Gasteiger partial charge in [-0.25, -0.2) is 0 Å². The van der Waals surface area contributed by atoms with Crippen LogP contribution in [0, 0.1) is 6.92 Å². The van der Waals surface area contributed by atoms with Crippen molar-refractivity contribution in [1.82, 2.24) is 5.32 Å². The Morgan fingerprint density at radius 3 is 2.93 bits per heavy atom. The number of rotatable bonds is 1. The third-order valence-electron chi connectivity index (χ3n) is 2.95. The van der Waals surface area contributed by atoms with Crippen molar-refractivity contribution >= 4 is 11.6 Å². The van der Waals surface area contributed by atoms with Gasteiger partial charge in [-0.1, -0.05) is 23.7 Å². The van der Waals surface area contributed by atoms with E-state index in [1.807, 2.05) is 6.07 Å². The predicted octanol–water partition coefficient (Wildman–Crippen LogP) is 3.12. The monoisotopic (exact) mass is 209 g/mol.